The van der Waals surface area contributed by atoms with Gasteiger partial charge in [-0.3, -0.25) is 9.89 Å². The molecule has 1 aromatic heterocycles. The van der Waals surface area contributed by atoms with Crippen molar-refractivity contribution in [2.45, 2.75) is 66.0 Å². The molecule has 0 aliphatic carbocycles. The summed E-state index contributed by atoms with van der Waals surface area (Å²) in [6, 6.07) is 0.513. The fraction of sp³-hybridized carbons (Fsp3) is 0.789. The molecular formula is C19H35N5O. The van der Waals surface area contributed by atoms with Crippen LogP contribution in [0.5, 0.6) is 0 Å². The third-order valence-electron chi connectivity index (χ3n) is 5.27. The van der Waals surface area contributed by atoms with E-state index in [4.69, 9.17) is 4.52 Å². The Morgan fingerprint density at radius 2 is 2.00 bits per heavy atom. The van der Waals surface area contributed by atoms with Crippen LogP contribution < -0.4 is 10.6 Å². The minimum atomic E-state index is 0.513. The summed E-state index contributed by atoms with van der Waals surface area (Å²) in [7, 11) is 1.82. The summed E-state index contributed by atoms with van der Waals surface area (Å²) in [5.41, 5.74) is 2.21. The zero-order chi connectivity index (χ0) is 18.2. The molecule has 25 heavy (non-hydrogen) atoms. The molecule has 1 saturated heterocycles. The minimum Gasteiger partial charge on any atom is -0.361 e. The topological polar surface area (TPSA) is 65.7 Å². The lowest BCUT2D eigenvalue weighted by Crippen LogP contribution is -2.48. The van der Waals surface area contributed by atoms with E-state index in [1.54, 1.807) is 0 Å². The van der Waals surface area contributed by atoms with E-state index in [0.717, 1.165) is 42.7 Å². The van der Waals surface area contributed by atoms with Crippen molar-refractivity contribution in [2.75, 3.05) is 26.7 Å². The van der Waals surface area contributed by atoms with E-state index in [2.05, 4.69) is 53.4 Å². The van der Waals surface area contributed by atoms with E-state index in [9.17, 15) is 0 Å². The molecular weight excluding hydrogens is 314 g/mol. The van der Waals surface area contributed by atoms with Gasteiger partial charge in [-0.05, 0) is 45.2 Å². The quantitative estimate of drug-likeness (QED) is 0.585. The number of nitrogens with zero attached hydrogens (tertiary/aromatic N) is 3. The molecule has 142 valence electrons. The van der Waals surface area contributed by atoms with Crippen LogP contribution >= 0.6 is 0 Å². The molecule has 0 bridgehead atoms. The number of nitrogens with one attached hydrogen (secondary N) is 2. The van der Waals surface area contributed by atoms with Crippen molar-refractivity contribution in [1.82, 2.24) is 20.7 Å². The van der Waals surface area contributed by atoms with Gasteiger partial charge in [-0.15, -0.1) is 0 Å². The Kier molecular flexibility index (Phi) is 7.75. The summed E-state index contributed by atoms with van der Waals surface area (Å²) >= 11 is 0. The van der Waals surface area contributed by atoms with Crippen LogP contribution in [0.25, 0.3) is 0 Å². The number of hydrogen-bond donors (Lipinski definition) is 2. The Balaban J connectivity index is 1.82. The number of rotatable bonds is 7. The summed E-state index contributed by atoms with van der Waals surface area (Å²) in [6.07, 6.45) is 4.37. The fourth-order valence-electron chi connectivity index (χ4n) is 3.37. The molecule has 6 nitrogen and oxygen atoms in total. The Labute approximate surface area is 152 Å². The number of aryl methyl sites for hydroxylation is 2. The predicted molar refractivity (Wildman–Crippen MR) is 103 cm³/mol. The average molecular weight is 350 g/mol. The lowest BCUT2D eigenvalue weighted by Gasteiger charge is -2.35. The highest BCUT2D eigenvalue weighted by molar-refractivity contribution is 5.79. The Hall–Kier alpha value is -1.56. The van der Waals surface area contributed by atoms with Crippen molar-refractivity contribution >= 4 is 5.96 Å². The molecule has 6 heteroatoms. The molecule has 0 aromatic carbocycles. The van der Waals surface area contributed by atoms with E-state index in [0.29, 0.717) is 12.6 Å². The van der Waals surface area contributed by atoms with Crippen LogP contribution in [0.15, 0.2) is 9.52 Å². The molecule has 1 aromatic rings. The molecule has 2 heterocycles. The Bertz CT molecular complexity index is 525. The Morgan fingerprint density at radius 1 is 1.28 bits per heavy atom. The van der Waals surface area contributed by atoms with Crippen molar-refractivity contribution in [1.29, 1.82) is 0 Å². The van der Waals surface area contributed by atoms with Gasteiger partial charge in [0.25, 0.3) is 0 Å². The number of guanidine groups is 1. The maximum atomic E-state index is 5.43. The van der Waals surface area contributed by atoms with Gasteiger partial charge in [-0.1, -0.05) is 25.9 Å². The maximum Gasteiger partial charge on any atom is 0.191 e. The van der Waals surface area contributed by atoms with Crippen LogP contribution in [0, 0.1) is 5.92 Å². The average Bonchev–Trinajstić information content (AvgIpc) is 3.04. The first-order valence-corrected chi connectivity index (χ1v) is 9.73. The highest BCUT2D eigenvalue weighted by Gasteiger charge is 2.20. The van der Waals surface area contributed by atoms with Crippen LogP contribution in [0.1, 0.15) is 57.6 Å². The largest absolute Gasteiger partial charge is 0.361 e. The minimum absolute atomic E-state index is 0.513. The normalized spacial score (nSPS) is 18.4. The molecule has 0 spiro atoms. The van der Waals surface area contributed by atoms with Crippen LogP contribution in [0.4, 0.5) is 0 Å². The highest BCUT2D eigenvalue weighted by Crippen LogP contribution is 2.18. The molecule has 1 unspecified atom stereocenters. The fourth-order valence-corrected chi connectivity index (χ4v) is 3.37. The van der Waals surface area contributed by atoms with E-state index >= 15 is 0 Å². The molecule has 1 atom stereocenters. The van der Waals surface area contributed by atoms with Crippen LogP contribution in [0.3, 0.4) is 0 Å². The van der Waals surface area contributed by atoms with Gasteiger partial charge in [0.15, 0.2) is 5.96 Å². The molecule has 1 aliphatic rings. The number of piperidine rings is 1. The van der Waals surface area contributed by atoms with Gasteiger partial charge in [-0.2, -0.15) is 0 Å². The molecule has 2 N–H and O–H groups in total. The first-order chi connectivity index (χ1) is 12.1. The lowest BCUT2D eigenvalue weighted by molar-refractivity contribution is 0.147. The van der Waals surface area contributed by atoms with Gasteiger partial charge >= 0.3 is 0 Å². The second-order valence-corrected chi connectivity index (χ2v) is 7.11. The number of aromatic nitrogens is 1. The van der Waals surface area contributed by atoms with Crippen LogP contribution in [0.2, 0.25) is 0 Å². The molecule has 0 saturated carbocycles. The van der Waals surface area contributed by atoms with E-state index in [1.807, 2.05) is 7.05 Å². The SMILES string of the molecule is CCc1noc(CC)c1CNC(=NC)NCC(C)N1CCC(C)CC1. The molecule has 2 rings (SSSR count). The summed E-state index contributed by atoms with van der Waals surface area (Å²) in [5, 5.41) is 11.0. The van der Waals surface area contributed by atoms with Gasteiger partial charge in [-0.25, -0.2) is 0 Å². The van der Waals surface area contributed by atoms with Crippen molar-refractivity contribution in [3.63, 3.8) is 0 Å². The van der Waals surface area contributed by atoms with Crippen molar-refractivity contribution in [2.24, 2.45) is 10.9 Å². The first kappa shape index (κ1) is 19.8. The lowest BCUT2D eigenvalue weighted by atomic mass is 9.98. The smallest absolute Gasteiger partial charge is 0.191 e. The first-order valence-electron chi connectivity index (χ1n) is 9.73. The van der Waals surface area contributed by atoms with Gasteiger partial charge < -0.3 is 15.2 Å². The summed E-state index contributed by atoms with van der Waals surface area (Å²) < 4.78 is 5.43. The summed E-state index contributed by atoms with van der Waals surface area (Å²) in [4.78, 5) is 6.93. The molecule has 0 radical (unpaired) electrons. The van der Waals surface area contributed by atoms with Crippen molar-refractivity contribution < 1.29 is 4.52 Å². The maximum absolute atomic E-state index is 5.43. The number of aliphatic imine (C=N–C) groups is 1. The third-order valence-corrected chi connectivity index (χ3v) is 5.27. The van der Waals surface area contributed by atoms with Gasteiger partial charge in [0.2, 0.25) is 0 Å². The van der Waals surface area contributed by atoms with Gasteiger partial charge in [0.05, 0.1) is 5.69 Å². The number of hydrogen-bond acceptors (Lipinski definition) is 4. The second kappa shape index (κ2) is 9.80. The molecule has 1 fully saturated rings. The standard InChI is InChI=1S/C19H35N5O/c1-6-17-16(18(7-2)25-23-17)13-22-19(20-5)21-12-15(4)24-10-8-14(3)9-11-24/h14-15H,6-13H2,1-5H3,(H2,20,21,22). The van der Waals surface area contributed by atoms with E-state index < -0.39 is 0 Å². The Morgan fingerprint density at radius 3 is 2.60 bits per heavy atom. The second-order valence-electron chi connectivity index (χ2n) is 7.11. The van der Waals surface area contributed by atoms with Gasteiger partial charge in [0, 0.05) is 38.2 Å². The van der Waals surface area contributed by atoms with Crippen LogP contribution in [-0.2, 0) is 19.4 Å². The highest BCUT2D eigenvalue weighted by atomic mass is 16.5. The summed E-state index contributed by atoms with van der Waals surface area (Å²) in [5.74, 6) is 2.67. The zero-order valence-electron chi connectivity index (χ0n) is 16.6. The zero-order valence-corrected chi connectivity index (χ0v) is 16.6. The predicted octanol–water partition coefficient (Wildman–Crippen LogP) is 2.58. The van der Waals surface area contributed by atoms with E-state index in [1.165, 1.54) is 31.5 Å². The van der Waals surface area contributed by atoms with Crippen molar-refractivity contribution in [3.05, 3.63) is 17.0 Å². The monoisotopic (exact) mass is 349 g/mol. The third kappa shape index (κ3) is 5.46. The van der Waals surface area contributed by atoms with E-state index in [-0.39, 0.29) is 0 Å². The summed E-state index contributed by atoms with van der Waals surface area (Å²) in [6.45, 7) is 12.9. The van der Waals surface area contributed by atoms with Gasteiger partial charge in [0.1, 0.15) is 5.76 Å². The molecule has 1 aliphatic heterocycles. The van der Waals surface area contributed by atoms with Crippen LogP contribution in [-0.4, -0.2) is 48.7 Å². The molecule has 0 amide bonds. The van der Waals surface area contributed by atoms with Crippen molar-refractivity contribution in [3.8, 4) is 0 Å². The number of likely N-dealkylation sites (tertiary alicyclic amines) is 1.